The van der Waals surface area contributed by atoms with Crippen LogP contribution in [-0.2, 0) is 0 Å². The van der Waals surface area contributed by atoms with Crippen LogP contribution in [0.5, 0.6) is 0 Å². The van der Waals surface area contributed by atoms with Gasteiger partial charge in [-0.05, 0) is 23.3 Å². The summed E-state index contributed by atoms with van der Waals surface area (Å²) in [6.45, 7) is 2.31. The lowest BCUT2D eigenvalue weighted by molar-refractivity contribution is 0.938. The summed E-state index contributed by atoms with van der Waals surface area (Å²) in [5.74, 6) is 0.272. The van der Waals surface area contributed by atoms with E-state index in [0.29, 0.717) is 0 Å². The Hall–Kier alpha value is -3.52. The Morgan fingerprint density at radius 2 is 0.929 bits per heavy atom. The number of para-hydroxylation sites is 4. The van der Waals surface area contributed by atoms with Crippen molar-refractivity contribution in [3.63, 3.8) is 0 Å². The summed E-state index contributed by atoms with van der Waals surface area (Å²) in [5.41, 5.74) is 7.54. The zero-order chi connectivity index (χ0) is 18.7. The monoisotopic (exact) mass is 360 g/mol. The third kappa shape index (κ3) is 2.09. The van der Waals surface area contributed by atoms with Crippen molar-refractivity contribution < 1.29 is 0 Å². The zero-order valence-corrected chi connectivity index (χ0v) is 15.7. The predicted octanol–water partition coefficient (Wildman–Crippen LogP) is 7.11. The summed E-state index contributed by atoms with van der Waals surface area (Å²) in [4.78, 5) is 7.32. The van der Waals surface area contributed by atoms with Gasteiger partial charge in [-0.15, -0.1) is 0 Å². The van der Waals surface area contributed by atoms with E-state index in [-0.39, 0.29) is 5.92 Å². The molecule has 0 aliphatic rings. The van der Waals surface area contributed by atoms with Crippen LogP contribution >= 0.6 is 0 Å². The van der Waals surface area contributed by atoms with Gasteiger partial charge in [-0.2, -0.15) is 0 Å². The molecule has 2 N–H and O–H groups in total. The zero-order valence-electron chi connectivity index (χ0n) is 15.7. The molecule has 6 aromatic rings. The molecule has 0 aliphatic carbocycles. The number of rotatable bonds is 2. The summed E-state index contributed by atoms with van der Waals surface area (Å²) in [6, 6.07) is 30.4. The largest absolute Gasteiger partial charge is 0.354 e. The lowest BCUT2D eigenvalue weighted by Gasteiger charge is -2.15. The molecule has 2 heterocycles. The summed E-state index contributed by atoms with van der Waals surface area (Å²) in [6.07, 6.45) is 0. The molecule has 6 rings (SSSR count). The van der Waals surface area contributed by atoms with Crippen molar-refractivity contribution in [3.8, 4) is 0 Å². The smallest absolute Gasteiger partial charge is 0.0503 e. The van der Waals surface area contributed by atoms with Gasteiger partial charge in [0.05, 0.1) is 11.0 Å². The number of benzene rings is 4. The van der Waals surface area contributed by atoms with Crippen LogP contribution in [0.3, 0.4) is 0 Å². The Labute approximate surface area is 162 Å². The maximum absolute atomic E-state index is 3.66. The normalized spacial score (nSPS) is 12.1. The number of aromatic nitrogens is 2. The second kappa shape index (κ2) is 5.74. The molecule has 0 atom stereocenters. The molecular formula is C26H20N2. The van der Waals surface area contributed by atoms with Gasteiger partial charge < -0.3 is 9.97 Å². The first-order valence-electron chi connectivity index (χ1n) is 9.80. The highest BCUT2D eigenvalue weighted by molar-refractivity contribution is 6.10. The van der Waals surface area contributed by atoms with Gasteiger partial charge in [-0.3, -0.25) is 0 Å². The number of hydrogen-bond acceptors (Lipinski definition) is 0. The fourth-order valence-corrected chi connectivity index (χ4v) is 4.68. The van der Waals surface area contributed by atoms with Crippen LogP contribution in [0.1, 0.15) is 24.0 Å². The molecule has 0 aliphatic heterocycles. The molecule has 0 amide bonds. The number of aromatic amines is 2. The van der Waals surface area contributed by atoms with E-state index in [1.807, 2.05) is 0 Å². The molecular weight excluding hydrogens is 340 g/mol. The molecule has 0 fully saturated rings. The second-order valence-corrected chi connectivity index (χ2v) is 7.60. The highest BCUT2D eigenvalue weighted by Gasteiger charge is 2.18. The van der Waals surface area contributed by atoms with Crippen LogP contribution in [0, 0.1) is 0 Å². The van der Waals surface area contributed by atoms with E-state index in [2.05, 4.69) is 102 Å². The van der Waals surface area contributed by atoms with Crippen molar-refractivity contribution in [2.45, 2.75) is 12.8 Å². The third-order valence-electron chi connectivity index (χ3n) is 6.08. The third-order valence-corrected chi connectivity index (χ3v) is 6.08. The highest BCUT2D eigenvalue weighted by Crippen LogP contribution is 2.37. The Morgan fingerprint density at radius 3 is 1.43 bits per heavy atom. The fourth-order valence-electron chi connectivity index (χ4n) is 4.68. The van der Waals surface area contributed by atoms with Gasteiger partial charge in [0.1, 0.15) is 0 Å². The van der Waals surface area contributed by atoms with E-state index in [4.69, 9.17) is 0 Å². The SMILES string of the molecule is CC(c1cccc2c1[nH]c1ccccc12)c1cccc2c1[nH]c1ccccc12. The van der Waals surface area contributed by atoms with E-state index >= 15 is 0 Å². The average Bonchev–Trinajstić information content (AvgIpc) is 3.31. The van der Waals surface area contributed by atoms with E-state index in [0.717, 1.165) is 0 Å². The van der Waals surface area contributed by atoms with Gasteiger partial charge in [0.15, 0.2) is 0 Å². The fraction of sp³-hybridized carbons (Fsp3) is 0.0769. The maximum Gasteiger partial charge on any atom is 0.0503 e. The summed E-state index contributed by atoms with van der Waals surface area (Å²) in [5, 5.41) is 5.17. The minimum atomic E-state index is 0.272. The van der Waals surface area contributed by atoms with Gasteiger partial charge in [0, 0.05) is 38.5 Å². The first-order valence-corrected chi connectivity index (χ1v) is 9.80. The van der Waals surface area contributed by atoms with E-state index in [9.17, 15) is 0 Å². The molecule has 28 heavy (non-hydrogen) atoms. The topological polar surface area (TPSA) is 31.6 Å². The molecule has 0 spiro atoms. The number of nitrogens with one attached hydrogen (secondary N) is 2. The van der Waals surface area contributed by atoms with Crippen molar-refractivity contribution in [2.24, 2.45) is 0 Å². The Morgan fingerprint density at radius 1 is 0.500 bits per heavy atom. The standard InChI is InChI=1S/C26H20N2/c1-16(17-10-6-12-21-19-8-2-4-14-23(19)27-25(17)21)18-11-7-13-22-20-9-3-5-15-24(20)28-26(18)22/h2-16,27-28H,1H3. The minimum absolute atomic E-state index is 0.272. The van der Waals surface area contributed by atoms with E-state index < -0.39 is 0 Å². The average molecular weight is 360 g/mol. The van der Waals surface area contributed by atoms with Gasteiger partial charge >= 0.3 is 0 Å². The number of H-pyrrole nitrogens is 2. The molecule has 2 nitrogen and oxygen atoms in total. The summed E-state index contributed by atoms with van der Waals surface area (Å²) < 4.78 is 0. The van der Waals surface area contributed by atoms with Crippen LogP contribution in [0.2, 0.25) is 0 Å². The van der Waals surface area contributed by atoms with Gasteiger partial charge in [-0.25, -0.2) is 0 Å². The molecule has 2 heteroatoms. The van der Waals surface area contributed by atoms with Crippen molar-refractivity contribution in [1.82, 2.24) is 9.97 Å². The molecule has 0 bridgehead atoms. The minimum Gasteiger partial charge on any atom is -0.354 e. The summed E-state index contributed by atoms with van der Waals surface area (Å²) in [7, 11) is 0. The predicted molar refractivity (Wildman–Crippen MR) is 119 cm³/mol. The lowest BCUT2D eigenvalue weighted by Crippen LogP contribution is -1.98. The number of fused-ring (bicyclic) bond motifs is 6. The lowest BCUT2D eigenvalue weighted by atomic mass is 9.90. The Bertz CT molecular complexity index is 1370. The number of hydrogen-bond donors (Lipinski definition) is 2. The molecule has 0 saturated heterocycles. The van der Waals surface area contributed by atoms with Crippen LogP contribution in [0.4, 0.5) is 0 Å². The van der Waals surface area contributed by atoms with Crippen molar-refractivity contribution in [1.29, 1.82) is 0 Å². The van der Waals surface area contributed by atoms with Crippen LogP contribution in [-0.4, -0.2) is 9.97 Å². The van der Waals surface area contributed by atoms with Gasteiger partial charge in [-0.1, -0.05) is 79.7 Å². The molecule has 0 unspecified atom stereocenters. The maximum atomic E-state index is 3.66. The highest BCUT2D eigenvalue weighted by atomic mass is 14.7. The Kier molecular flexibility index (Phi) is 3.18. The first-order chi connectivity index (χ1) is 13.8. The van der Waals surface area contributed by atoms with Crippen molar-refractivity contribution in [3.05, 3.63) is 96.1 Å². The molecule has 2 aromatic heterocycles. The van der Waals surface area contributed by atoms with Crippen LogP contribution < -0.4 is 0 Å². The molecule has 0 radical (unpaired) electrons. The molecule has 4 aromatic carbocycles. The van der Waals surface area contributed by atoms with Crippen molar-refractivity contribution >= 4 is 43.6 Å². The molecule has 0 saturated carbocycles. The Balaban J connectivity index is 1.62. The van der Waals surface area contributed by atoms with Crippen molar-refractivity contribution in [2.75, 3.05) is 0 Å². The van der Waals surface area contributed by atoms with Gasteiger partial charge in [0.25, 0.3) is 0 Å². The molecule has 134 valence electrons. The summed E-state index contributed by atoms with van der Waals surface area (Å²) >= 11 is 0. The van der Waals surface area contributed by atoms with E-state index in [1.165, 1.54) is 54.7 Å². The second-order valence-electron chi connectivity index (χ2n) is 7.60. The van der Waals surface area contributed by atoms with Gasteiger partial charge in [0.2, 0.25) is 0 Å². The quantitative estimate of drug-likeness (QED) is 0.330. The van der Waals surface area contributed by atoms with Crippen LogP contribution in [0.15, 0.2) is 84.9 Å². The van der Waals surface area contributed by atoms with E-state index in [1.54, 1.807) is 0 Å². The van der Waals surface area contributed by atoms with Crippen LogP contribution in [0.25, 0.3) is 43.6 Å². The first kappa shape index (κ1) is 15.5.